The predicted octanol–water partition coefficient (Wildman–Crippen LogP) is 2.91. The third kappa shape index (κ3) is 4.18. The zero-order valence-electron chi connectivity index (χ0n) is 17.2. The maximum absolute atomic E-state index is 12.4. The predicted molar refractivity (Wildman–Crippen MR) is 113 cm³/mol. The number of carbonyl (C=O) groups is 3. The number of imide groups is 1. The Kier molecular flexibility index (Phi) is 5.29. The maximum Gasteiger partial charge on any atom is 0.326 e. The first-order valence-corrected chi connectivity index (χ1v) is 9.84. The van der Waals surface area contributed by atoms with E-state index in [9.17, 15) is 14.4 Å². The standard InChI is InChI=1S/C23H22N4O4/c1-23(2)21(29)26(22(30)24-23)14-19(28)31-15-17-13-27(18-11-7-4-8-12-18)25-20(17)16-9-5-3-6-10-16/h3-13H,14-15H2,1-2H3,(H,24,30). The molecule has 158 valence electrons. The van der Waals surface area contributed by atoms with Gasteiger partial charge < -0.3 is 10.1 Å². The molecule has 0 spiro atoms. The Balaban J connectivity index is 1.52. The van der Waals surface area contributed by atoms with Gasteiger partial charge in [0.05, 0.1) is 11.4 Å². The molecule has 0 saturated carbocycles. The van der Waals surface area contributed by atoms with E-state index in [4.69, 9.17) is 4.74 Å². The second kappa shape index (κ2) is 8.06. The van der Waals surface area contributed by atoms with Gasteiger partial charge in [-0.05, 0) is 26.0 Å². The highest BCUT2D eigenvalue weighted by molar-refractivity contribution is 6.08. The molecule has 0 bridgehead atoms. The van der Waals surface area contributed by atoms with Crippen molar-refractivity contribution < 1.29 is 19.1 Å². The molecule has 1 aromatic heterocycles. The van der Waals surface area contributed by atoms with Crippen molar-refractivity contribution in [2.75, 3.05) is 6.54 Å². The molecule has 0 aliphatic carbocycles. The lowest BCUT2D eigenvalue weighted by Crippen LogP contribution is -2.41. The number of rotatable bonds is 6. The van der Waals surface area contributed by atoms with Crippen LogP contribution in [0.2, 0.25) is 0 Å². The summed E-state index contributed by atoms with van der Waals surface area (Å²) in [5, 5.41) is 7.21. The number of esters is 1. The first-order chi connectivity index (χ1) is 14.8. The van der Waals surface area contributed by atoms with Gasteiger partial charge in [-0.25, -0.2) is 9.48 Å². The van der Waals surface area contributed by atoms with Gasteiger partial charge >= 0.3 is 12.0 Å². The Morgan fingerprint density at radius 3 is 2.29 bits per heavy atom. The average molecular weight is 418 g/mol. The van der Waals surface area contributed by atoms with E-state index in [1.165, 1.54) is 0 Å². The van der Waals surface area contributed by atoms with Gasteiger partial charge in [0.15, 0.2) is 0 Å². The van der Waals surface area contributed by atoms with Crippen LogP contribution in [-0.4, -0.2) is 44.7 Å². The molecular formula is C23H22N4O4. The zero-order valence-corrected chi connectivity index (χ0v) is 17.2. The quantitative estimate of drug-likeness (QED) is 0.491. The van der Waals surface area contributed by atoms with Gasteiger partial charge in [0.1, 0.15) is 18.7 Å². The van der Waals surface area contributed by atoms with E-state index in [0.29, 0.717) is 11.3 Å². The molecule has 1 aliphatic rings. The van der Waals surface area contributed by atoms with Crippen LogP contribution in [0, 0.1) is 0 Å². The smallest absolute Gasteiger partial charge is 0.326 e. The largest absolute Gasteiger partial charge is 0.459 e. The van der Waals surface area contributed by atoms with E-state index in [2.05, 4.69) is 10.4 Å². The van der Waals surface area contributed by atoms with Crippen LogP contribution in [-0.2, 0) is 20.9 Å². The van der Waals surface area contributed by atoms with Crippen LogP contribution in [0.25, 0.3) is 16.9 Å². The van der Waals surface area contributed by atoms with E-state index < -0.39 is 30.0 Å². The summed E-state index contributed by atoms with van der Waals surface area (Å²) < 4.78 is 7.13. The maximum atomic E-state index is 12.4. The lowest BCUT2D eigenvalue weighted by Gasteiger charge is -2.15. The fraction of sp³-hybridized carbons (Fsp3) is 0.217. The first-order valence-electron chi connectivity index (χ1n) is 9.84. The molecule has 3 amide bonds. The molecule has 0 unspecified atom stereocenters. The van der Waals surface area contributed by atoms with Gasteiger partial charge in [0, 0.05) is 17.3 Å². The van der Waals surface area contributed by atoms with Crippen LogP contribution >= 0.6 is 0 Å². The minimum Gasteiger partial charge on any atom is -0.459 e. The molecule has 8 heteroatoms. The third-order valence-electron chi connectivity index (χ3n) is 4.98. The Morgan fingerprint density at radius 2 is 1.68 bits per heavy atom. The second-order valence-electron chi connectivity index (χ2n) is 7.76. The number of nitrogens with zero attached hydrogens (tertiary/aromatic N) is 3. The molecular weight excluding hydrogens is 396 g/mol. The summed E-state index contributed by atoms with van der Waals surface area (Å²) in [6.07, 6.45) is 1.81. The van der Waals surface area contributed by atoms with E-state index in [1.807, 2.05) is 66.9 Å². The number of ether oxygens (including phenoxy) is 1. The van der Waals surface area contributed by atoms with Crippen molar-refractivity contribution in [3.05, 3.63) is 72.4 Å². The van der Waals surface area contributed by atoms with E-state index in [1.54, 1.807) is 18.5 Å². The summed E-state index contributed by atoms with van der Waals surface area (Å²) in [6.45, 7) is 2.69. The van der Waals surface area contributed by atoms with Crippen LogP contribution in [0.15, 0.2) is 66.9 Å². The Bertz CT molecular complexity index is 1120. The van der Waals surface area contributed by atoms with Gasteiger partial charge in [0.2, 0.25) is 0 Å². The lowest BCUT2D eigenvalue weighted by molar-refractivity contribution is -0.148. The second-order valence-corrected chi connectivity index (χ2v) is 7.76. The van der Waals surface area contributed by atoms with Gasteiger partial charge in [0.25, 0.3) is 5.91 Å². The number of hydrogen-bond acceptors (Lipinski definition) is 5. The molecule has 1 aliphatic heterocycles. The monoisotopic (exact) mass is 418 g/mol. The molecule has 2 heterocycles. The summed E-state index contributed by atoms with van der Waals surface area (Å²) in [5.74, 6) is -1.14. The SMILES string of the molecule is CC1(C)NC(=O)N(CC(=O)OCc2cn(-c3ccccc3)nc2-c2ccccc2)C1=O. The lowest BCUT2D eigenvalue weighted by atomic mass is 10.1. The number of carbonyl (C=O) groups excluding carboxylic acids is 3. The van der Waals surface area contributed by atoms with E-state index >= 15 is 0 Å². The Morgan fingerprint density at radius 1 is 1.03 bits per heavy atom. The van der Waals surface area contributed by atoms with Crippen LogP contribution in [0.1, 0.15) is 19.4 Å². The fourth-order valence-electron chi connectivity index (χ4n) is 3.36. The fourth-order valence-corrected chi connectivity index (χ4v) is 3.36. The molecule has 4 rings (SSSR count). The van der Waals surface area contributed by atoms with Crippen LogP contribution in [0.3, 0.4) is 0 Å². The van der Waals surface area contributed by atoms with Crippen molar-refractivity contribution in [1.29, 1.82) is 0 Å². The van der Waals surface area contributed by atoms with Crippen molar-refractivity contribution in [2.45, 2.75) is 26.0 Å². The molecule has 0 radical (unpaired) electrons. The molecule has 31 heavy (non-hydrogen) atoms. The number of urea groups is 1. The van der Waals surface area contributed by atoms with Crippen molar-refractivity contribution >= 4 is 17.9 Å². The zero-order chi connectivity index (χ0) is 22.0. The van der Waals surface area contributed by atoms with Crippen LogP contribution in [0.5, 0.6) is 0 Å². The Labute approximate surface area is 179 Å². The molecule has 0 atom stereocenters. The summed E-state index contributed by atoms with van der Waals surface area (Å²) in [5.41, 5.74) is 2.13. The number of nitrogens with one attached hydrogen (secondary N) is 1. The summed E-state index contributed by atoms with van der Waals surface area (Å²) in [7, 11) is 0. The number of amides is 3. The average Bonchev–Trinajstić information content (AvgIpc) is 3.28. The first kappa shape index (κ1) is 20.3. The minimum atomic E-state index is -1.03. The summed E-state index contributed by atoms with van der Waals surface area (Å²) in [6, 6.07) is 18.6. The van der Waals surface area contributed by atoms with Gasteiger partial charge in [-0.2, -0.15) is 5.10 Å². The van der Waals surface area contributed by atoms with Gasteiger partial charge in [-0.1, -0.05) is 48.5 Å². The summed E-state index contributed by atoms with van der Waals surface area (Å²) in [4.78, 5) is 37.5. The number of benzene rings is 2. The molecule has 3 aromatic rings. The van der Waals surface area contributed by atoms with E-state index in [0.717, 1.165) is 16.2 Å². The highest BCUT2D eigenvalue weighted by atomic mass is 16.5. The van der Waals surface area contributed by atoms with Crippen LogP contribution in [0.4, 0.5) is 4.79 Å². The number of hydrogen-bond donors (Lipinski definition) is 1. The van der Waals surface area contributed by atoms with Gasteiger partial charge in [-0.3, -0.25) is 14.5 Å². The topological polar surface area (TPSA) is 93.5 Å². The minimum absolute atomic E-state index is 0.0388. The van der Waals surface area contributed by atoms with Crippen molar-refractivity contribution in [2.24, 2.45) is 0 Å². The highest BCUT2D eigenvalue weighted by Crippen LogP contribution is 2.24. The van der Waals surface area contributed by atoms with Gasteiger partial charge in [-0.15, -0.1) is 0 Å². The number of para-hydroxylation sites is 1. The van der Waals surface area contributed by atoms with Crippen LogP contribution < -0.4 is 5.32 Å². The molecule has 1 saturated heterocycles. The molecule has 2 aromatic carbocycles. The third-order valence-corrected chi connectivity index (χ3v) is 4.98. The van der Waals surface area contributed by atoms with Crippen molar-refractivity contribution in [3.63, 3.8) is 0 Å². The molecule has 1 fully saturated rings. The molecule has 1 N–H and O–H groups in total. The van der Waals surface area contributed by atoms with E-state index in [-0.39, 0.29) is 6.61 Å². The number of aromatic nitrogens is 2. The molecule has 8 nitrogen and oxygen atoms in total. The highest BCUT2D eigenvalue weighted by Gasteiger charge is 2.45. The van der Waals surface area contributed by atoms with Crippen molar-refractivity contribution in [1.82, 2.24) is 20.0 Å². The normalized spacial score (nSPS) is 15.1. The van der Waals surface area contributed by atoms with Crippen molar-refractivity contribution in [3.8, 4) is 16.9 Å². The summed E-state index contributed by atoms with van der Waals surface area (Å²) >= 11 is 0. The Hall–Kier alpha value is -3.94.